The molecular formula is C35H38ClN3O5S. The van der Waals surface area contributed by atoms with Gasteiger partial charge in [-0.15, -0.1) is 0 Å². The van der Waals surface area contributed by atoms with Crippen molar-refractivity contribution in [2.45, 2.75) is 57.6 Å². The molecule has 0 aliphatic carbocycles. The van der Waals surface area contributed by atoms with E-state index in [2.05, 4.69) is 5.32 Å². The summed E-state index contributed by atoms with van der Waals surface area (Å²) in [5, 5.41) is 3.41. The summed E-state index contributed by atoms with van der Waals surface area (Å²) in [6.45, 7) is 6.84. The third-order valence-electron chi connectivity index (χ3n) is 7.40. The van der Waals surface area contributed by atoms with Gasteiger partial charge in [0.05, 0.1) is 10.6 Å². The first-order chi connectivity index (χ1) is 21.5. The minimum absolute atomic E-state index is 0.0365. The number of ether oxygens (including phenoxy) is 1. The zero-order chi connectivity index (χ0) is 32.6. The van der Waals surface area contributed by atoms with Gasteiger partial charge >= 0.3 is 0 Å². The van der Waals surface area contributed by atoms with E-state index in [1.807, 2.05) is 51.1 Å². The second-order valence-corrected chi connectivity index (χ2v) is 13.2. The smallest absolute Gasteiger partial charge is 0.264 e. The van der Waals surface area contributed by atoms with Crippen molar-refractivity contribution in [3.63, 3.8) is 0 Å². The van der Waals surface area contributed by atoms with E-state index in [1.165, 1.54) is 17.0 Å². The maximum absolute atomic E-state index is 14.1. The van der Waals surface area contributed by atoms with Crippen LogP contribution in [-0.4, -0.2) is 43.8 Å². The van der Waals surface area contributed by atoms with Gasteiger partial charge in [0.15, 0.2) is 0 Å². The molecule has 8 nitrogen and oxygen atoms in total. The van der Waals surface area contributed by atoms with Gasteiger partial charge < -0.3 is 15.0 Å². The van der Waals surface area contributed by atoms with Crippen LogP contribution in [0.1, 0.15) is 38.3 Å². The van der Waals surface area contributed by atoms with E-state index >= 15 is 0 Å². The Balaban J connectivity index is 1.70. The highest BCUT2D eigenvalue weighted by Crippen LogP contribution is 2.29. The largest absolute Gasteiger partial charge is 0.457 e. The highest BCUT2D eigenvalue weighted by molar-refractivity contribution is 7.92. The van der Waals surface area contributed by atoms with Crippen molar-refractivity contribution in [3.8, 4) is 11.5 Å². The number of aryl methyl sites for hydroxylation is 1. The van der Waals surface area contributed by atoms with Gasteiger partial charge in [-0.3, -0.25) is 13.9 Å². The summed E-state index contributed by atoms with van der Waals surface area (Å²) >= 11 is 6.22. The van der Waals surface area contributed by atoms with Gasteiger partial charge in [0.2, 0.25) is 11.8 Å². The third kappa shape index (κ3) is 8.86. The summed E-state index contributed by atoms with van der Waals surface area (Å²) in [5.74, 6) is 0.241. The number of hydrogen-bond acceptors (Lipinski definition) is 5. The Morgan fingerprint density at radius 1 is 0.867 bits per heavy atom. The third-order valence-corrected chi connectivity index (χ3v) is 9.42. The molecule has 0 fully saturated rings. The van der Waals surface area contributed by atoms with Crippen LogP contribution in [0.15, 0.2) is 108 Å². The minimum atomic E-state index is -4.20. The van der Waals surface area contributed by atoms with Crippen LogP contribution >= 0.6 is 11.6 Å². The zero-order valence-corrected chi connectivity index (χ0v) is 27.4. The molecule has 2 atom stereocenters. The Kier molecular flexibility index (Phi) is 11.3. The lowest BCUT2D eigenvalue weighted by Crippen LogP contribution is -2.52. The van der Waals surface area contributed by atoms with Crippen LogP contribution in [0.4, 0.5) is 5.69 Å². The van der Waals surface area contributed by atoms with Gasteiger partial charge in [-0.05, 0) is 93.4 Å². The summed E-state index contributed by atoms with van der Waals surface area (Å²) in [6.07, 6.45) is 0.716. The van der Waals surface area contributed by atoms with Crippen molar-refractivity contribution in [3.05, 3.63) is 119 Å². The Hall–Kier alpha value is -4.34. The molecule has 10 heteroatoms. The van der Waals surface area contributed by atoms with Crippen LogP contribution in [0, 0.1) is 6.92 Å². The average molecular weight is 648 g/mol. The van der Waals surface area contributed by atoms with Gasteiger partial charge in [0.1, 0.15) is 24.1 Å². The Morgan fingerprint density at radius 2 is 1.51 bits per heavy atom. The van der Waals surface area contributed by atoms with Crippen LogP contribution in [0.3, 0.4) is 0 Å². The van der Waals surface area contributed by atoms with Gasteiger partial charge in [-0.25, -0.2) is 8.42 Å². The molecular weight excluding hydrogens is 610 g/mol. The topological polar surface area (TPSA) is 96.0 Å². The summed E-state index contributed by atoms with van der Waals surface area (Å²) in [4.78, 5) is 28.8. The van der Waals surface area contributed by atoms with Crippen LogP contribution in [-0.2, 0) is 26.2 Å². The van der Waals surface area contributed by atoms with Gasteiger partial charge in [-0.2, -0.15) is 0 Å². The molecule has 0 spiro atoms. The standard InChI is InChI=1S/C35H38ClN3O5S/c1-5-26(3)37-35(41)27(4)38(23-28-10-9-11-29(36)22-28)34(40)24-39(45(42,43)33-20-14-25(2)15-21-33)30-16-18-32(19-17-30)44-31-12-7-6-8-13-31/h6-22,26-27H,5,23-24H2,1-4H3,(H,37,41)/t26-,27-/m0/s1. The lowest BCUT2D eigenvalue weighted by molar-refractivity contribution is -0.139. The monoisotopic (exact) mass is 647 g/mol. The van der Waals surface area contributed by atoms with Gasteiger partial charge in [-0.1, -0.05) is 66.6 Å². The number of carbonyl (C=O) groups excluding carboxylic acids is 2. The van der Waals surface area contributed by atoms with Crippen molar-refractivity contribution in [2.24, 2.45) is 0 Å². The number of nitrogens with zero attached hydrogens (tertiary/aromatic N) is 2. The quantitative estimate of drug-likeness (QED) is 0.169. The SMILES string of the molecule is CC[C@H](C)NC(=O)[C@H](C)N(Cc1cccc(Cl)c1)C(=O)CN(c1ccc(Oc2ccccc2)cc1)S(=O)(=O)c1ccc(C)cc1. The molecule has 236 valence electrons. The molecule has 0 heterocycles. The molecule has 0 bridgehead atoms. The van der Waals surface area contributed by atoms with Crippen molar-refractivity contribution < 1.29 is 22.7 Å². The molecule has 1 N–H and O–H groups in total. The molecule has 4 rings (SSSR count). The maximum atomic E-state index is 14.1. The average Bonchev–Trinajstić information content (AvgIpc) is 3.03. The molecule has 4 aromatic rings. The molecule has 0 aliphatic rings. The predicted molar refractivity (Wildman–Crippen MR) is 178 cm³/mol. The number of halogens is 1. The molecule has 4 aromatic carbocycles. The van der Waals surface area contributed by atoms with Crippen LogP contribution < -0.4 is 14.4 Å². The number of rotatable bonds is 13. The highest BCUT2D eigenvalue weighted by Gasteiger charge is 2.33. The highest BCUT2D eigenvalue weighted by atomic mass is 35.5. The number of anilines is 1. The van der Waals surface area contributed by atoms with Crippen molar-refractivity contribution in [1.29, 1.82) is 0 Å². The van der Waals surface area contributed by atoms with Crippen LogP contribution in [0.25, 0.3) is 0 Å². The molecule has 0 radical (unpaired) electrons. The van der Waals surface area contributed by atoms with Crippen LogP contribution in [0.5, 0.6) is 11.5 Å². The summed E-state index contributed by atoms with van der Waals surface area (Å²) in [6, 6.07) is 28.1. The number of nitrogens with one attached hydrogen (secondary N) is 1. The maximum Gasteiger partial charge on any atom is 0.264 e. The number of amides is 2. The minimum Gasteiger partial charge on any atom is -0.457 e. The lowest BCUT2D eigenvalue weighted by atomic mass is 10.1. The predicted octanol–water partition coefficient (Wildman–Crippen LogP) is 6.97. The number of sulfonamides is 1. The fourth-order valence-corrected chi connectivity index (χ4v) is 6.18. The van der Waals surface area contributed by atoms with Crippen LogP contribution in [0.2, 0.25) is 5.02 Å². The summed E-state index contributed by atoms with van der Waals surface area (Å²) in [7, 11) is -4.20. The number of hydrogen-bond donors (Lipinski definition) is 1. The fourth-order valence-electron chi connectivity index (χ4n) is 4.55. The van der Waals surface area contributed by atoms with E-state index in [4.69, 9.17) is 16.3 Å². The normalized spacial score (nSPS) is 12.6. The lowest BCUT2D eigenvalue weighted by Gasteiger charge is -2.32. The van der Waals surface area contributed by atoms with Crippen molar-refractivity contribution in [1.82, 2.24) is 10.2 Å². The van der Waals surface area contributed by atoms with Gasteiger partial charge in [0, 0.05) is 17.6 Å². The molecule has 0 saturated carbocycles. The Bertz CT molecular complexity index is 1700. The number of para-hydroxylation sites is 1. The fraction of sp³-hybridized carbons (Fsp3) is 0.257. The molecule has 0 aliphatic heterocycles. The van der Waals surface area contributed by atoms with E-state index in [9.17, 15) is 18.0 Å². The first kappa shape index (κ1) is 33.6. The van der Waals surface area contributed by atoms with E-state index in [-0.39, 0.29) is 29.1 Å². The zero-order valence-electron chi connectivity index (χ0n) is 25.8. The van der Waals surface area contributed by atoms with E-state index in [0.29, 0.717) is 28.5 Å². The van der Waals surface area contributed by atoms with E-state index in [1.54, 1.807) is 67.6 Å². The number of benzene rings is 4. The second kappa shape index (κ2) is 15.1. The first-order valence-electron chi connectivity index (χ1n) is 14.7. The van der Waals surface area contributed by atoms with E-state index < -0.39 is 28.5 Å². The molecule has 0 saturated heterocycles. The summed E-state index contributed by atoms with van der Waals surface area (Å²) < 4.78 is 35.2. The molecule has 0 unspecified atom stereocenters. The molecule has 2 amide bonds. The summed E-state index contributed by atoms with van der Waals surface area (Å²) in [5.41, 5.74) is 1.87. The Labute approximate surface area is 270 Å². The number of carbonyl (C=O) groups is 2. The molecule has 0 aromatic heterocycles. The van der Waals surface area contributed by atoms with E-state index in [0.717, 1.165) is 9.87 Å². The first-order valence-corrected chi connectivity index (χ1v) is 16.6. The van der Waals surface area contributed by atoms with Crippen molar-refractivity contribution >= 4 is 39.1 Å². The van der Waals surface area contributed by atoms with Crippen molar-refractivity contribution in [2.75, 3.05) is 10.8 Å². The van der Waals surface area contributed by atoms with Gasteiger partial charge in [0.25, 0.3) is 10.0 Å². The Morgan fingerprint density at radius 3 is 2.13 bits per heavy atom. The second-order valence-electron chi connectivity index (χ2n) is 10.9. The molecule has 45 heavy (non-hydrogen) atoms.